The first-order chi connectivity index (χ1) is 8.17. The van der Waals surface area contributed by atoms with Gasteiger partial charge in [0.1, 0.15) is 4.88 Å². The summed E-state index contributed by atoms with van der Waals surface area (Å²) in [5.74, 6) is 0.476. The minimum Gasteiger partial charge on any atom is -0.345 e. The topological polar surface area (TPSA) is 42.0 Å². The number of alkyl halides is 1. The second kappa shape index (κ2) is 5.36. The number of hydrogen-bond donors (Lipinski definition) is 1. The van der Waals surface area contributed by atoms with E-state index in [9.17, 15) is 4.79 Å². The Labute approximate surface area is 111 Å². The van der Waals surface area contributed by atoms with Crippen LogP contribution in [-0.4, -0.2) is 22.3 Å². The quantitative estimate of drug-likeness (QED) is 0.859. The molecular formula is C12H17ClN2OS. The lowest BCUT2D eigenvalue weighted by molar-refractivity contribution is 0.0888. The molecule has 1 aromatic rings. The average Bonchev–Trinajstić information content (AvgIpc) is 2.77. The van der Waals surface area contributed by atoms with Gasteiger partial charge in [0.15, 0.2) is 0 Å². The lowest BCUT2D eigenvalue weighted by Crippen LogP contribution is -2.51. The Morgan fingerprint density at radius 1 is 1.53 bits per heavy atom. The molecule has 2 rings (SSSR count). The van der Waals surface area contributed by atoms with Gasteiger partial charge in [-0.2, -0.15) is 0 Å². The monoisotopic (exact) mass is 272 g/mol. The van der Waals surface area contributed by atoms with E-state index in [1.807, 2.05) is 6.92 Å². The second-order valence-corrected chi connectivity index (χ2v) is 5.82. The number of nitrogens with one attached hydrogen (secondary N) is 1. The molecule has 0 atom stereocenters. The van der Waals surface area contributed by atoms with Crippen LogP contribution in [0.1, 0.15) is 47.5 Å². The number of amides is 1. The SMILES string of the molecule is Cc1ncsc1C(=O)NC1(CCl)CCCCC1. The molecule has 94 valence electrons. The number of aryl methyl sites for hydroxylation is 1. The fourth-order valence-electron chi connectivity index (χ4n) is 2.34. The highest BCUT2D eigenvalue weighted by molar-refractivity contribution is 7.11. The van der Waals surface area contributed by atoms with E-state index in [1.165, 1.54) is 17.8 Å². The van der Waals surface area contributed by atoms with Crippen molar-refractivity contribution < 1.29 is 4.79 Å². The maximum atomic E-state index is 12.2. The zero-order valence-electron chi connectivity index (χ0n) is 9.96. The van der Waals surface area contributed by atoms with Crippen molar-refractivity contribution in [3.8, 4) is 0 Å². The molecule has 1 fully saturated rings. The lowest BCUT2D eigenvalue weighted by Gasteiger charge is -2.36. The molecular weight excluding hydrogens is 256 g/mol. The van der Waals surface area contributed by atoms with Gasteiger partial charge in [0.2, 0.25) is 0 Å². The standard InChI is InChI=1S/C12H17ClN2OS/c1-9-10(17-8-14-9)11(16)15-12(7-13)5-3-2-4-6-12/h8H,2-7H2,1H3,(H,15,16). The number of nitrogens with zero attached hydrogens (tertiary/aromatic N) is 1. The van der Waals surface area contributed by atoms with Crippen molar-refractivity contribution in [2.24, 2.45) is 0 Å². The van der Waals surface area contributed by atoms with E-state index in [0.717, 1.165) is 31.4 Å². The Bertz CT molecular complexity index is 399. The van der Waals surface area contributed by atoms with Gasteiger partial charge >= 0.3 is 0 Å². The number of aromatic nitrogens is 1. The molecule has 0 unspecified atom stereocenters. The van der Waals surface area contributed by atoms with Gasteiger partial charge in [0.05, 0.1) is 16.7 Å². The van der Waals surface area contributed by atoms with Crippen molar-refractivity contribution in [1.29, 1.82) is 0 Å². The average molecular weight is 273 g/mol. The minimum absolute atomic E-state index is 0.0208. The molecule has 1 N–H and O–H groups in total. The van der Waals surface area contributed by atoms with E-state index in [2.05, 4.69) is 10.3 Å². The number of rotatable bonds is 3. The summed E-state index contributed by atoms with van der Waals surface area (Å²) < 4.78 is 0. The normalized spacial score (nSPS) is 18.9. The van der Waals surface area contributed by atoms with Crippen molar-refractivity contribution >= 4 is 28.8 Å². The maximum absolute atomic E-state index is 12.2. The molecule has 1 amide bonds. The largest absolute Gasteiger partial charge is 0.345 e. The van der Waals surface area contributed by atoms with Gasteiger partial charge in [-0.3, -0.25) is 4.79 Å². The van der Waals surface area contributed by atoms with Crippen LogP contribution in [0.2, 0.25) is 0 Å². The van der Waals surface area contributed by atoms with Crippen molar-refractivity contribution in [2.45, 2.75) is 44.6 Å². The number of halogens is 1. The van der Waals surface area contributed by atoms with Crippen LogP contribution < -0.4 is 5.32 Å². The van der Waals surface area contributed by atoms with Crippen molar-refractivity contribution in [3.05, 3.63) is 16.1 Å². The molecule has 0 saturated heterocycles. The van der Waals surface area contributed by atoms with E-state index in [-0.39, 0.29) is 11.4 Å². The van der Waals surface area contributed by atoms with Gasteiger partial charge in [-0.05, 0) is 19.8 Å². The van der Waals surface area contributed by atoms with Gasteiger partial charge in [0.25, 0.3) is 5.91 Å². The molecule has 0 spiro atoms. The molecule has 3 nitrogen and oxygen atoms in total. The summed E-state index contributed by atoms with van der Waals surface area (Å²) in [4.78, 5) is 17.0. The third kappa shape index (κ3) is 2.80. The minimum atomic E-state index is -0.201. The summed E-state index contributed by atoms with van der Waals surface area (Å²) in [6, 6.07) is 0. The molecule has 17 heavy (non-hydrogen) atoms. The summed E-state index contributed by atoms with van der Waals surface area (Å²) in [5.41, 5.74) is 2.30. The van der Waals surface area contributed by atoms with E-state index >= 15 is 0 Å². The van der Waals surface area contributed by atoms with E-state index < -0.39 is 0 Å². The summed E-state index contributed by atoms with van der Waals surface area (Å²) >= 11 is 7.44. The van der Waals surface area contributed by atoms with Gasteiger partial charge in [-0.15, -0.1) is 22.9 Å². The van der Waals surface area contributed by atoms with Crippen molar-refractivity contribution in [3.63, 3.8) is 0 Å². The number of hydrogen-bond acceptors (Lipinski definition) is 3. The van der Waals surface area contributed by atoms with Crippen LogP contribution in [0.5, 0.6) is 0 Å². The smallest absolute Gasteiger partial charge is 0.263 e. The van der Waals surface area contributed by atoms with Crippen LogP contribution in [-0.2, 0) is 0 Å². The van der Waals surface area contributed by atoms with Crippen LogP contribution in [0.25, 0.3) is 0 Å². The second-order valence-electron chi connectivity index (χ2n) is 4.70. The molecule has 1 aromatic heterocycles. The Kier molecular flexibility index (Phi) is 4.05. The molecule has 5 heteroatoms. The first kappa shape index (κ1) is 12.8. The zero-order chi connectivity index (χ0) is 12.3. The predicted octanol–water partition coefficient (Wildman–Crippen LogP) is 3.12. The molecule has 0 aliphatic heterocycles. The third-order valence-electron chi connectivity index (χ3n) is 3.40. The highest BCUT2D eigenvalue weighted by Crippen LogP contribution is 2.30. The van der Waals surface area contributed by atoms with Gasteiger partial charge in [-0.1, -0.05) is 19.3 Å². The lowest BCUT2D eigenvalue weighted by atomic mass is 9.83. The van der Waals surface area contributed by atoms with Crippen molar-refractivity contribution in [1.82, 2.24) is 10.3 Å². The Balaban J connectivity index is 2.08. The number of carbonyl (C=O) groups excluding carboxylic acids is 1. The molecule has 0 radical (unpaired) electrons. The molecule has 1 aliphatic carbocycles. The van der Waals surface area contributed by atoms with E-state index in [4.69, 9.17) is 11.6 Å². The summed E-state index contributed by atoms with van der Waals surface area (Å²) in [6.07, 6.45) is 5.51. The van der Waals surface area contributed by atoms with Crippen LogP contribution in [0.4, 0.5) is 0 Å². The van der Waals surface area contributed by atoms with Crippen LogP contribution in [0.15, 0.2) is 5.51 Å². The number of thiazole rings is 1. The zero-order valence-corrected chi connectivity index (χ0v) is 11.5. The fraction of sp³-hybridized carbons (Fsp3) is 0.667. The van der Waals surface area contributed by atoms with Gasteiger partial charge in [0, 0.05) is 5.88 Å². The van der Waals surface area contributed by atoms with Gasteiger partial charge < -0.3 is 5.32 Å². The molecule has 0 aromatic carbocycles. The predicted molar refractivity (Wildman–Crippen MR) is 70.9 cm³/mol. The Morgan fingerprint density at radius 3 is 2.76 bits per heavy atom. The first-order valence-corrected chi connectivity index (χ1v) is 7.37. The highest BCUT2D eigenvalue weighted by atomic mass is 35.5. The van der Waals surface area contributed by atoms with Crippen molar-refractivity contribution in [2.75, 3.05) is 5.88 Å². The van der Waals surface area contributed by atoms with Gasteiger partial charge in [-0.25, -0.2) is 4.98 Å². The highest BCUT2D eigenvalue weighted by Gasteiger charge is 2.33. The maximum Gasteiger partial charge on any atom is 0.263 e. The fourth-order valence-corrected chi connectivity index (χ4v) is 3.37. The van der Waals surface area contributed by atoms with E-state index in [0.29, 0.717) is 10.8 Å². The molecule has 0 bridgehead atoms. The first-order valence-electron chi connectivity index (χ1n) is 5.95. The Hall–Kier alpha value is -0.610. The molecule has 1 aliphatic rings. The summed E-state index contributed by atoms with van der Waals surface area (Å²) in [5, 5.41) is 3.12. The van der Waals surface area contributed by atoms with E-state index in [1.54, 1.807) is 5.51 Å². The third-order valence-corrected chi connectivity index (χ3v) is 4.84. The van der Waals surface area contributed by atoms with Crippen LogP contribution in [0.3, 0.4) is 0 Å². The summed E-state index contributed by atoms with van der Waals surface area (Å²) in [6.45, 7) is 1.86. The Morgan fingerprint density at radius 2 is 2.24 bits per heavy atom. The van der Waals surface area contributed by atoms with Crippen LogP contribution >= 0.6 is 22.9 Å². The molecule has 1 saturated carbocycles. The summed E-state index contributed by atoms with van der Waals surface area (Å²) in [7, 11) is 0. The molecule has 1 heterocycles. The number of carbonyl (C=O) groups is 1. The van der Waals surface area contributed by atoms with Crippen LogP contribution in [0, 0.1) is 6.92 Å².